The molecule has 0 saturated heterocycles. The molecule has 110 valence electrons. The molecule has 1 amide bonds. The van der Waals surface area contributed by atoms with Crippen LogP contribution in [0.5, 0.6) is 0 Å². The zero-order valence-electron chi connectivity index (χ0n) is 11.5. The van der Waals surface area contributed by atoms with Crippen LogP contribution in [-0.2, 0) is 6.54 Å². The molecule has 0 unspecified atom stereocenters. The summed E-state index contributed by atoms with van der Waals surface area (Å²) in [6.07, 6.45) is 1.72. The zero-order chi connectivity index (χ0) is 15.4. The average molecular weight is 306 g/mol. The number of aromatic nitrogens is 1. The number of nitrogens with one attached hydrogen (secondary N) is 2. The van der Waals surface area contributed by atoms with Crippen molar-refractivity contribution in [1.82, 2.24) is 10.3 Å². The van der Waals surface area contributed by atoms with Gasteiger partial charge < -0.3 is 10.6 Å². The number of hydrogen-bond donors (Lipinski definition) is 2. The molecular formula is C13H14N4O3S. The summed E-state index contributed by atoms with van der Waals surface area (Å²) >= 11 is 1.47. The van der Waals surface area contributed by atoms with Gasteiger partial charge in [-0.2, -0.15) is 0 Å². The van der Waals surface area contributed by atoms with Crippen LogP contribution >= 0.6 is 11.3 Å². The molecule has 0 radical (unpaired) electrons. The summed E-state index contributed by atoms with van der Waals surface area (Å²) in [4.78, 5) is 27.9. The maximum absolute atomic E-state index is 12.2. The molecule has 0 aliphatic heterocycles. The molecule has 0 spiro atoms. The molecule has 0 aliphatic carbocycles. The molecule has 2 aromatic rings. The van der Waals surface area contributed by atoms with Gasteiger partial charge in [-0.3, -0.25) is 14.9 Å². The van der Waals surface area contributed by atoms with Crippen molar-refractivity contribution < 1.29 is 9.72 Å². The van der Waals surface area contributed by atoms with E-state index in [2.05, 4.69) is 15.6 Å². The van der Waals surface area contributed by atoms with E-state index >= 15 is 0 Å². The largest absolute Gasteiger partial charge is 0.383 e. The summed E-state index contributed by atoms with van der Waals surface area (Å²) < 4.78 is 0. The van der Waals surface area contributed by atoms with E-state index in [-0.39, 0.29) is 17.8 Å². The number of thiazole rings is 1. The third-order valence-electron chi connectivity index (χ3n) is 2.80. The van der Waals surface area contributed by atoms with Crippen LogP contribution in [0, 0.1) is 17.0 Å². The van der Waals surface area contributed by atoms with Gasteiger partial charge in [0.15, 0.2) is 0 Å². The molecule has 0 atom stereocenters. The highest BCUT2D eigenvalue weighted by Gasteiger charge is 2.23. The average Bonchev–Trinajstić information content (AvgIpc) is 2.89. The third kappa shape index (κ3) is 3.34. The number of benzene rings is 1. The summed E-state index contributed by atoms with van der Waals surface area (Å²) in [5, 5.41) is 17.3. The monoisotopic (exact) mass is 306 g/mol. The number of amides is 1. The lowest BCUT2D eigenvalue weighted by Crippen LogP contribution is -2.23. The van der Waals surface area contributed by atoms with E-state index in [1.807, 2.05) is 6.92 Å². The van der Waals surface area contributed by atoms with Gasteiger partial charge in [-0.25, -0.2) is 4.98 Å². The molecular weight excluding hydrogens is 292 g/mol. The minimum absolute atomic E-state index is 0.0279. The van der Waals surface area contributed by atoms with E-state index in [0.717, 1.165) is 9.88 Å². The lowest BCUT2D eigenvalue weighted by molar-refractivity contribution is -0.384. The second-order valence-corrected chi connectivity index (χ2v) is 5.58. The first-order chi connectivity index (χ1) is 10.0. The summed E-state index contributed by atoms with van der Waals surface area (Å²) in [5.41, 5.74) is 0.102. The van der Waals surface area contributed by atoms with Crippen molar-refractivity contribution in [3.05, 3.63) is 50.0 Å². The summed E-state index contributed by atoms with van der Waals surface area (Å²) in [7, 11) is 1.57. The first-order valence-electron chi connectivity index (χ1n) is 6.17. The predicted molar refractivity (Wildman–Crippen MR) is 80.7 cm³/mol. The van der Waals surface area contributed by atoms with Crippen molar-refractivity contribution in [1.29, 1.82) is 0 Å². The van der Waals surface area contributed by atoms with Gasteiger partial charge in [0.2, 0.25) is 0 Å². The molecule has 8 heteroatoms. The molecule has 1 aromatic carbocycles. The molecule has 0 bridgehead atoms. The zero-order valence-corrected chi connectivity index (χ0v) is 12.4. The van der Waals surface area contributed by atoms with Crippen LogP contribution in [0.3, 0.4) is 0 Å². The Bertz CT molecular complexity index is 684. The maximum atomic E-state index is 12.2. The Balaban J connectivity index is 2.20. The van der Waals surface area contributed by atoms with Crippen molar-refractivity contribution in [3.63, 3.8) is 0 Å². The van der Waals surface area contributed by atoms with Crippen LogP contribution in [0.2, 0.25) is 0 Å². The Labute approximate surface area is 125 Å². The summed E-state index contributed by atoms with van der Waals surface area (Å²) in [5.74, 6) is -0.494. The number of aryl methyl sites for hydroxylation is 1. The molecule has 21 heavy (non-hydrogen) atoms. The Hall–Kier alpha value is -2.48. The number of rotatable bonds is 5. The number of carbonyl (C=O) groups is 1. The number of nitrogens with zero attached hydrogens (tertiary/aromatic N) is 2. The highest BCUT2D eigenvalue weighted by atomic mass is 32.1. The van der Waals surface area contributed by atoms with E-state index in [4.69, 9.17) is 0 Å². The van der Waals surface area contributed by atoms with Crippen molar-refractivity contribution in [3.8, 4) is 0 Å². The van der Waals surface area contributed by atoms with Gasteiger partial charge in [0.1, 0.15) is 16.3 Å². The van der Waals surface area contributed by atoms with Crippen molar-refractivity contribution in [2.75, 3.05) is 12.4 Å². The SMILES string of the molecule is CNc1cccc(C(=O)NCc2ncc(C)s2)c1[N+](=O)[O-]. The maximum Gasteiger partial charge on any atom is 0.305 e. The van der Waals surface area contributed by atoms with Crippen molar-refractivity contribution in [2.24, 2.45) is 0 Å². The van der Waals surface area contributed by atoms with Gasteiger partial charge in [0, 0.05) is 18.1 Å². The normalized spacial score (nSPS) is 10.2. The van der Waals surface area contributed by atoms with Crippen LogP contribution in [0.25, 0.3) is 0 Å². The van der Waals surface area contributed by atoms with E-state index in [9.17, 15) is 14.9 Å². The Morgan fingerprint density at radius 1 is 1.48 bits per heavy atom. The van der Waals surface area contributed by atoms with Gasteiger partial charge >= 0.3 is 5.69 Å². The first-order valence-corrected chi connectivity index (χ1v) is 6.99. The first kappa shape index (κ1) is 14.9. The minimum atomic E-state index is -0.561. The smallest absolute Gasteiger partial charge is 0.305 e. The fraction of sp³-hybridized carbons (Fsp3) is 0.231. The van der Waals surface area contributed by atoms with Crippen LogP contribution in [0.15, 0.2) is 24.4 Å². The van der Waals surface area contributed by atoms with Crippen LogP contribution in [-0.4, -0.2) is 22.9 Å². The van der Waals surface area contributed by atoms with Crippen LogP contribution < -0.4 is 10.6 Å². The van der Waals surface area contributed by atoms with Gasteiger partial charge in [0.05, 0.1) is 11.5 Å². The van der Waals surface area contributed by atoms with Crippen molar-refractivity contribution in [2.45, 2.75) is 13.5 Å². The van der Waals surface area contributed by atoms with Gasteiger partial charge in [-0.05, 0) is 19.1 Å². The van der Waals surface area contributed by atoms with Crippen molar-refractivity contribution >= 4 is 28.6 Å². The molecule has 1 aromatic heterocycles. The number of anilines is 1. The highest BCUT2D eigenvalue weighted by Crippen LogP contribution is 2.28. The highest BCUT2D eigenvalue weighted by molar-refractivity contribution is 7.11. The Morgan fingerprint density at radius 3 is 2.81 bits per heavy atom. The van der Waals surface area contributed by atoms with E-state index < -0.39 is 10.8 Å². The van der Waals surface area contributed by atoms with Crippen LogP contribution in [0.1, 0.15) is 20.2 Å². The number of nitro groups is 1. The third-order valence-corrected chi connectivity index (χ3v) is 3.71. The number of para-hydroxylation sites is 1. The fourth-order valence-electron chi connectivity index (χ4n) is 1.86. The fourth-order valence-corrected chi connectivity index (χ4v) is 2.59. The summed E-state index contributed by atoms with van der Waals surface area (Å²) in [6, 6.07) is 4.59. The molecule has 0 aliphatic rings. The topological polar surface area (TPSA) is 97.2 Å². The Morgan fingerprint density at radius 2 is 2.24 bits per heavy atom. The second-order valence-electron chi connectivity index (χ2n) is 4.26. The van der Waals surface area contributed by atoms with Gasteiger partial charge in [0.25, 0.3) is 5.91 Å². The molecule has 7 nitrogen and oxygen atoms in total. The van der Waals surface area contributed by atoms with E-state index in [1.165, 1.54) is 17.4 Å². The number of nitro benzene ring substituents is 1. The second kappa shape index (κ2) is 6.31. The number of carbonyl (C=O) groups excluding carboxylic acids is 1. The van der Waals surface area contributed by atoms with Gasteiger partial charge in [-0.1, -0.05) is 6.07 Å². The lowest BCUT2D eigenvalue weighted by atomic mass is 10.1. The molecule has 1 heterocycles. The van der Waals surface area contributed by atoms with E-state index in [0.29, 0.717) is 5.69 Å². The quantitative estimate of drug-likeness (QED) is 0.652. The molecule has 0 fully saturated rings. The summed E-state index contributed by atoms with van der Waals surface area (Å²) in [6.45, 7) is 2.17. The number of hydrogen-bond acceptors (Lipinski definition) is 6. The minimum Gasteiger partial charge on any atom is -0.383 e. The Kier molecular flexibility index (Phi) is 4.49. The van der Waals surface area contributed by atoms with Crippen LogP contribution in [0.4, 0.5) is 11.4 Å². The lowest BCUT2D eigenvalue weighted by Gasteiger charge is -2.07. The molecule has 2 N–H and O–H groups in total. The van der Waals surface area contributed by atoms with E-state index in [1.54, 1.807) is 25.4 Å². The predicted octanol–water partition coefficient (Wildman–Crippen LogP) is 2.33. The molecule has 0 saturated carbocycles. The molecule has 2 rings (SSSR count). The standard InChI is InChI=1S/C13H14N4O3S/c1-8-6-15-11(21-8)7-16-13(18)9-4-3-5-10(14-2)12(9)17(19)20/h3-6,14H,7H2,1-2H3,(H,16,18). The van der Waals surface area contributed by atoms with Gasteiger partial charge in [-0.15, -0.1) is 11.3 Å².